The molecule has 0 aromatic heterocycles. The average Bonchev–Trinajstić information content (AvgIpc) is 2.68. The van der Waals surface area contributed by atoms with E-state index in [4.69, 9.17) is 5.73 Å². The normalized spacial score (nSPS) is 9.48. The van der Waals surface area contributed by atoms with E-state index in [1.54, 1.807) is 12.1 Å². The van der Waals surface area contributed by atoms with Gasteiger partial charge in [-0.25, -0.2) is 4.79 Å². The lowest BCUT2D eigenvalue weighted by Crippen LogP contribution is -2.02. The number of nitrogens with one attached hydrogen (secondary N) is 1. The van der Waals surface area contributed by atoms with Gasteiger partial charge in [0, 0.05) is 17.9 Å². The second-order valence-corrected chi connectivity index (χ2v) is 5.32. The fraction of sp³-hybridized carbons (Fsp3) is 0.0952. The molecular formula is C21H22N2O2. The molecule has 0 saturated carbocycles. The van der Waals surface area contributed by atoms with E-state index in [-0.39, 0.29) is 5.97 Å². The molecule has 0 heterocycles. The third-order valence-electron chi connectivity index (χ3n) is 3.45. The van der Waals surface area contributed by atoms with Crippen LogP contribution in [0.5, 0.6) is 0 Å². The van der Waals surface area contributed by atoms with Crippen LogP contribution in [0.2, 0.25) is 0 Å². The van der Waals surface area contributed by atoms with E-state index in [9.17, 15) is 4.79 Å². The van der Waals surface area contributed by atoms with Gasteiger partial charge < -0.3 is 15.8 Å². The van der Waals surface area contributed by atoms with Crippen LogP contribution >= 0.6 is 0 Å². The van der Waals surface area contributed by atoms with Gasteiger partial charge >= 0.3 is 5.97 Å². The van der Waals surface area contributed by atoms with E-state index >= 15 is 0 Å². The van der Waals surface area contributed by atoms with Gasteiger partial charge in [0.1, 0.15) is 0 Å². The standard InChI is InChI=1S/C15H15NO2.C6H7N/c1-18-15(17)13-9-7-12(8-10-13)11-16-14-5-3-2-4-6-14;7-6-4-2-1-3-5-6/h2-10,16H,11H2,1H3;1-5H,7H2. The van der Waals surface area contributed by atoms with Crippen LogP contribution in [0.25, 0.3) is 0 Å². The molecule has 0 aliphatic heterocycles. The molecule has 0 aliphatic carbocycles. The van der Waals surface area contributed by atoms with E-state index in [1.807, 2.05) is 72.8 Å². The van der Waals surface area contributed by atoms with Gasteiger partial charge in [-0.3, -0.25) is 0 Å². The number of para-hydroxylation sites is 2. The minimum absolute atomic E-state index is 0.308. The number of nitrogens with two attached hydrogens (primary N) is 1. The molecule has 3 rings (SSSR count). The Morgan fingerprint density at radius 2 is 1.44 bits per heavy atom. The first kappa shape index (κ1) is 18.1. The van der Waals surface area contributed by atoms with E-state index in [1.165, 1.54) is 7.11 Å². The maximum absolute atomic E-state index is 11.3. The van der Waals surface area contributed by atoms with Crippen molar-refractivity contribution in [3.05, 3.63) is 96.1 Å². The van der Waals surface area contributed by atoms with Gasteiger partial charge in [0.05, 0.1) is 12.7 Å². The van der Waals surface area contributed by atoms with Gasteiger partial charge in [-0.2, -0.15) is 0 Å². The molecule has 3 aromatic carbocycles. The zero-order valence-corrected chi connectivity index (χ0v) is 14.2. The Morgan fingerprint density at radius 3 is 1.92 bits per heavy atom. The number of ether oxygens (including phenoxy) is 1. The van der Waals surface area contributed by atoms with Crippen LogP contribution in [0.4, 0.5) is 11.4 Å². The molecule has 0 bridgehead atoms. The summed E-state index contributed by atoms with van der Waals surface area (Å²) < 4.78 is 4.65. The van der Waals surface area contributed by atoms with Crippen LogP contribution in [-0.2, 0) is 11.3 Å². The third-order valence-corrected chi connectivity index (χ3v) is 3.45. The number of carbonyl (C=O) groups excluding carboxylic acids is 1. The SMILES string of the molecule is COC(=O)c1ccc(CNc2ccccc2)cc1.Nc1ccccc1. The van der Waals surface area contributed by atoms with Crippen LogP contribution in [0, 0.1) is 0 Å². The predicted molar refractivity (Wildman–Crippen MR) is 102 cm³/mol. The molecule has 0 saturated heterocycles. The van der Waals surface area contributed by atoms with Crippen molar-refractivity contribution >= 4 is 17.3 Å². The quantitative estimate of drug-likeness (QED) is 0.550. The van der Waals surface area contributed by atoms with Gasteiger partial charge in [-0.05, 0) is 42.0 Å². The highest BCUT2D eigenvalue weighted by Crippen LogP contribution is 2.10. The molecular weight excluding hydrogens is 312 g/mol. The van der Waals surface area contributed by atoms with Crippen LogP contribution in [0.15, 0.2) is 84.9 Å². The van der Waals surface area contributed by atoms with E-state index < -0.39 is 0 Å². The fourth-order valence-corrected chi connectivity index (χ4v) is 2.09. The van der Waals surface area contributed by atoms with Crippen LogP contribution in [0.1, 0.15) is 15.9 Å². The second-order valence-electron chi connectivity index (χ2n) is 5.32. The van der Waals surface area contributed by atoms with Crippen molar-refractivity contribution in [1.82, 2.24) is 0 Å². The van der Waals surface area contributed by atoms with Crippen molar-refractivity contribution in [3.8, 4) is 0 Å². The predicted octanol–water partition coefficient (Wildman–Crippen LogP) is 4.35. The molecule has 0 fully saturated rings. The Balaban J connectivity index is 0.000000269. The number of hydrogen-bond donors (Lipinski definition) is 2. The number of nitrogen functional groups attached to an aromatic ring is 1. The number of methoxy groups -OCH3 is 1. The monoisotopic (exact) mass is 334 g/mol. The maximum Gasteiger partial charge on any atom is 0.337 e. The summed E-state index contributed by atoms with van der Waals surface area (Å²) in [4.78, 5) is 11.3. The summed E-state index contributed by atoms with van der Waals surface area (Å²) in [6.07, 6.45) is 0. The molecule has 25 heavy (non-hydrogen) atoms. The van der Waals surface area contributed by atoms with Gasteiger partial charge in [0.2, 0.25) is 0 Å². The Bertz CT molecular complexity index is 757. The molecule has 4 nitrogen and oxygen atoms in total. The molecule has 128 valence electrons. The molecule has 0 spiro atoms. The smallest absolute Gasteiger partial charge is 0.337 e. The van der Waals surface area contributed by atoms with Crippen molar-refractivity contribution in [2.75, 3.05) is 18.2 Å². The topological polar surface area (TPSA) is 64.3 Å². The second kappa shape index (κ2) is 9.78. The fourth-order valence-electron chi connectivity index (χ4n) is 2.09. The van der Waals surface area contributed by atoms with Crippen molar-refractivity contribution in [3.63, 3.8) is 0 Å². The van der Waals surface area contributed by atoms with Gasteiger partial charge in [-0.1, -0.05) is 48.5 Å². The Labute approximate surface area is 148 Å². The van der Waals surface area contributed by atoms with E-state index in [2.05, 4.69) is 10.1 Å². The van der Waals surface area contributed by atoms with Gasteiger partial charge in [-0.15, -0.1) is 0 Å². The number of rotatable bonds is 4. The van der Waals surface area contributed by atoms with Crippen LogP contribution < -0.4 is 11.1 Å². The molecule has 3 aromatic rings. The largest absolute Gasteiger partial charge is 0.465 e. The molecule has 0 aliphatic rings. The first-order chi connectivity index (χ1) is 12.2. The summed E-state index contributed by atoms with van der Waals surface area (Å²) in [6, 6.07) is 26.9. The van der Waals surface area contributed by atoms with Gasteiger partial charge in [0.25, 0.3) is 0 Å². The van der Waals surface area contributed by atoms with Crippen molar-refractivity contribution in [2.24, 2.45) is 0 Å². The number of esters is 1. The zero-order valence-electron chi connectivity index (χ0n) is 14.2. The Morgan fingerprint density at radius 1 is 0.880 bits per heavy atom. The lowest BCUT2D eigenvalue weighted by molar-refractivity contribution is 0.0600. The van der Waals surface area contributed by atoms with Crippen molar-refractivity contribution in [1.29, 1.82) is 0 Å². The summed E-state index contributed by atoms with van der Waals surface area (Å²) >= 11 is 0. The van der Waals surface area contributed by atoms with E-state index in [0.717, 1.165) is 23.5 Å². The molecule has 3 N–H and O–H groups in total. The highest BCUT2D eigenvalue weighted by atomic mass is 16.5. The van der Waals surface area contributed by atoms with E-state index in [0.29, 0.717) is 5.56 Å². The minimum atomic E-state index is -0.308. The molecule has 4 heteroatoms. The van der Waals surface area contributed by atoms with Crippen LogP contribution in [0.3, 0.4) is 0 Å². The number of carbonyl (C=O) groups is 1. The molecule has 0 radical (unpaired) electrons. The average molecular weight is 334 g/mol. The molecule has 0 atom stereocenters. The highest BCUT2D eigenvalue weighted by molar-refractivity contribution is 5.89. The first-order valence-corrected chi connectivity index (χ1v) is 7.96. The van der Waals surface area contributed by atoms with Crippen molar-refractivity contribution in [2.45, 2.75) is 6.54 Å². The molecule has 0 unspecified atom stereocenters. The molecule has 0 amide bonds. The maximum atomic E-state index is 11.3. The number of anilines is 2. The summed E-state index contributed by atoms with van der Waals surface area (Å²) in [5.41, 5.74) is 8.95. The van der Waals surface area contributed by atoms with Gasteiger partial charge in [0.15, 0.2) is 0 Å². The zero-order chi connectivity index (χ0) is 17.9. The lowest BCUT2D eigenvalue weighted by Gasteiger charge is -2.06. The summed E-state index contributed by atoms with van der Waals surface area (Å²) in [6.45, 7) is 0.728. The number of benzene rings is 3. The Kier molecular flexibility index (Phi) is 7.07. The Hall–Kier alpha value is -3.27. The minimum Gasteiger partial charge on any atom is -0.465 e. The van der Waals surface area contributed by atoms with Crippen LogP contribution in [-0.4, -0.2) is 13.1 Å². The first-order valence-electron chi connectivity index (χ1n) is 7.96. The lowest BCUT2D eigenvalue weighted by atomic mass is 10.1. The third kappa shape index (κ3) is 6.39. The highest BCUT2D eigenvalue weighted by Gasteiger charge is 2.03. The van der Waals surface area contributed by atoms with Crippen molar-refractivity contribution < 1.29 is 9.53 Å². The number of hydrogen-bond acceptors (Lipinski definition) is 4. The summed E-state index contributed by atoms with van der Waals surface area (Å²) in [5, 5.41) is 3.31. The summed E-state index contributed by atoms with van der Waals surface area (Å²) in [5.74, 6) is -0.308. The summed E-state index contributed by atoms with van der Waals surface area (Å²) in [7, 11) is 1.38.